The summed E-state index contributed by atoms with van der Waals surface area (Å²) < 4.78 is 33.5. The summed E-state index contributed by atoms with van der Waals surface area (Å²) in [5.74, 6) is -0.831. The van der Waals surface area contributed by atoms with E-state index in [2.05, 4.69) is 0 Å². The van der Waals surface area contributed by atoms with E-state index in [0.717, 1.165) is 23.3 Å². The number of alkyl halides is 1. The summed E-state index contributed by atoms with van der Waals surface area (Å²) in [5, 5.41) is -0.0996. The van der Waals surface area contributed by atoms with Gasteiger partial charge in [0.25, 0.3) is 5.56 Å². The quantitative estimate of drug-likeness (QED) is 0.527. The number of aromatic nitrogens is 1. The average molecular weight is 410 g/mol. The van der Waals surface area contributed by atoms with Crippen molar-refractivity contribution in [3.05, 3.63) is 98.4 Å². The lowest BCUT2D eigenvalue weighted by Crippen LogP contribution is -2.21. The van der Waals surface area contributed by atoms with E-state index in [4.69, 9.17) is 27.9 Å². The van der Waals surface area contributed by atoms with Crippen molar-refractivity contribution < 1.29 is 13.5 Å². The smallest absolute Gasteiger partial charge is 0.273 e. The zero-order valence-electron chi connectivity index (χ0n) is 14.1. The number of benzene rings is 2. The lowest BCUT2D eigenvalue weighted by Gasteiger charge is -2.12. The van der Waals surface area contributed by atoms with Gasteiger partial charge in [-0.25, -0.2) is 8.78 Å². The van der Waals surface area contributed by atoms with Gasteiger partial charge in [-0.2, -0.15) is 0 Å². The Balaban J connectivity index is 1.75. The molecule has 0 saturated carbocycles. The molecular weight excluding hydrogens is 395 g/mol. The Bertz CT molecular complexity index is 1000. The molecule has 2 aromatic carbocycles. The van der Waals surface area contributed by atoms with E-state index in [0.29, 0.717) is 12.4 Å². The minimum absolute atomic E-state index is 0.0996. The Kier molecular flexibility index (Phi) is 6.14. The molecule has 0 aliphatic heterocycles. The number of pyridine rings is 1. The van der Waals surface area contributed by atoms with Gasteiger partial charge >= 0.3 is 0 Å². The van der Waals surface area contributed by atoms with Crippen LogP contribution in [0, 0.1) is 11.6 Å². The fourth-order valence-electron chi connectivity index (χ4n) is 2.49. The van der Waals surface area contributed by atoms with Crippen molar-refractivity contribution in [2.24, 2.45) is 0 Å². The molecule has 0 aliphatic rings. The molecule has 3 aromatic rings. The molecule has 0 saturated heterocycles. The second-order valence-electron chi connectivity index (χ2n) is 5.90. The summed E-state index contributed by atoms with van der Waals surface area (Å²) in [5.41, 5.74) is 1.65. The average Bonchev–Trinajstić information content (AvgIpc) is 2.67. The van der Waals surface area contributed by atoms with E-state index in [1.807, 2.05) is 24.3 Å². The van der Waals surface area contributed by atoms with Crippen molar-refractivity contribution in [1.82, 2.24) is 4.57 Å². The fourth-order valence-corrected chi connectivity index (χ4v) is 2.89. The molecule has 0 amide bonds. The molecular formula is C20H15Cl2F2NO2. The third-order valence-corrected chi connectivity index (χ3v) is 4.66. The van der Waals surface area contributed by atoms with Gasteiger partial charge in [0.2, 0.25) is 0 Å². The Morgan fingerprint density at radius 2 is 1.70 bits per heavy atom. The molecule has 0 atom stereocenters. The van der Waals surface area contributed by atoms with Crippen LogP contribution in [0.5, 0.6) is 5.75 Å². The van der Waals surface area contributed by atoms with E-state index in [9.17, 15) is 13.6 Å². The minimum Gasteiger partial charge on any atom is -0.487 e. The van der Waals surface area contributed by atoms with Gasteiger partial charge in [0.1, 0.15) is 29.0 Å². The van der Waals surface area contributed by atoms with Crippen LogP contribution in [-0.4, -0.2) is 4.57 Å². The normalized spacial score (nSPS) is 10.8. The van der Waals surface area contributed by atoms with Gasteiger partial charge < -0.3 is 9.30 Å². The van der Waals surface area contributed by atoms with E-state index < -0.39 is 17.2 Å². The number of rotatable bonds is 6. The molecule has 1 aromatic heterocycles. The van der Waals surface area contributed by atoms with Crippen LogP contribution >= 0.6 is 23.2 Å². The Labute approximate surface area is 164 Å². The van der Waals surface area contributed by atoms with Gasteiger partial charge in [0, 0.05) is 23.7 Å². The van der Waals surface area contributed by atoms with Crippen molar-refractivity contribution in [3.63, 3.8) is 0 Å². The summed E-state index contributed by atoms with van der Waals surface area (Å²) in [6.07, 6.45) is 1.56. The first kappa shape index (κ1) is 19.4. The maximum atomic E-state index is 13.7. The van der Waals surface area contributed by atoms with Crippen LogP contribution in [0.3, 0.4) is 0 Å². The number of nitrogens with zero attached hydrogens (tertiary/aromatic N) is 1. The highest BCUT2D eigenvalue weighted by atomic mass is 35.5. The SMILES string of the molecule is O=c1c(Cl)c(OCc2ccc(F)cc2F)ccn1Cc1ccc(CCl)cc1. The predicted molar refractivity (Wildman–Crippen MR) is 102 cm³/mol. The minimum atomic E-state index is -0.722. The van der Waals surface area contributed by atoms with Crippen LogP contribution in [0.25, 0.3) is 0 Å². The zero-order valence-corrected chi connectivity index (χ0v) is 15.6. The highest BCUT2D eigenvalue weighted by Gasteiger charge is 2.11. The molecule has 1 heterocycles. The van der Waals surface area contributed by atoms with Crippen LogP contribution in [0.1, 0.15) is 16.7 Å². The van der Waals surface area contributed by atoms with Crippen molar-refractivity contribution in [3.8, 4) is 5.75 Å². The van der Waals surface area contributed by atoms with Gasteiger partial charge in [-0.1, -0.05) is 35.9 Å². The number of hydrogen-bond acceptors (Lipinski definition) is 2. The molecule has 3 nitrogen and oxygen atoms in total. The molecule has 0 bridgehead atoms. The lowest BCUT2D eigenvalue weighted by atomic mass is 10.1. The third kappa shape index (κ3) is 4.67. The Morgan fingerprint density at radius 1 is 1.00 bits per heavy atom. The maximum absolute atomic E-state index is 13.7. The van der Waals surface area contributed by atoms with E-state index in [1.165, 1.54) is 16.7 Å². The maximum Gasteiger partial charge on any atom is 0.273 e. The number of ether oxygens (including phenoxy) is 1. The fraction of sp³-hybridized carbons (Fsp3) is 0.150. The van der Waals surface area contributed by atoms with Crippen molar-refractivity contribution in [2.45, 2.75) is 19.0 Å². The molecule has 140 valence electrons. The summed E-state index contributed by atoms with van der Waals surface area (Å²) in [7, 11) is 0. The third-order valence-electron chi connectivity index (χ3n) is 4.00. The molecule has 7 heteroatoms. The summed E-state index contributed by atoms with van der Waals surface area (Å²) >= 11 is 11.9. The van der Waals surface area contributed by atoms with E-state index >= 15 is 0 Å². The topological polar surface area (TPSA) is 31.2 Å². The molecule has 0 aliphatic carbocycles. The number of halogens is 4. The van der Waals surface area contributed by atoms with Gasteiger partial charge in [-0.15, -0.1) is 11.6 Å². The molecule has 27 heavy (non-hydrogen) atoms. The molecule has 3 rings (SSSR count). The van der Waals surface area contributed by atoms with Crippen molar-refractivity contribution in [1.29, 1.82) is 0 Å². The zero-order chi connectivity index (χ0) is 19.4. The Hall–Kier alpha value is -2.37. The van der Waals surface area contributed by atoms with Gasteiger partial charge in [-0.3, -0.25) is 4.79 Å². The van der Waals surface area contributed by atoms with Crippen LogP contribution in [0.2, 0.25) is 5.02 Å². The highest BCUT2D eigenvalue weighted by molar-refractivity contribution is 6.31. The van der Waals surface area contributed by atoms with Crippen LogP contribution in [-0.2, 0) is 19.0 Å². The lowest BCUT2D eigenvalue weighted by molar-refractivity contribution is 0.298. The first-order chi connectivity index (χ1) is 13.0. The predicted octanol–water partition coefficient (Wildman–Crippen LogP) is 5.15. The molecule has 0 unspecified atom stereocenters. The molecule has 0 spiro atoms. The largest absolute Gasteiger partial charge is 0.487 e. The van der Waals surface area contributed by atoms with Gasteiger partial charge in [0.05, 0.1) is 6.54 Å². The van der Waals surface area contributed by atoms with Crippen LogP contribution in [0.4, 0.5) is 8.78 Å². The summed E-state index contributed by atoms with van der Waals surface area (Å²) in [4.78, 5) is 12.4. The molecule has 0 radical (unpaired) electrons. The summed E-state index contributed by atoms with van der Waals surface area (Å²) in [6, 6.07) is 12.3. The van der Waals surface area contributed by atoms with Crippen LogP contribution in [0.15, 0.2) is 59.5 Å². The molecule has 0 N–H and O–H groups in total. The van der Waals surface area contributed by atoms with E-state index in [1.54, 1.807) is 6.20 Å². The Morgan fingerprint density at radius 3 is 2.37 bits per heavy atom. The van der Waals surface area contributed by atoms with E-state index in [-0.39, 0.29) is 22.9 Å². The first-order valence-electron chi connectivity index (χ1n) is 8.07. The second-order valence-corrected chi connectivity index (χ2v) is 6.55. The molecule has 0 fully saturated rings. The van der Waals surface area contributed by atoms with Crippen molar-refractivity contribution >= 4 is 23.2 Å². The standard InChI is InChI=1S/C20H15Cl2F2NO2/c21-10-13-1-3-14(4-2-13)11-25-8-7-18(19(22)20(25)26)27-12-15-5-6-16(23)9-17(15)24/h1-9H,10-12H2. The monoisotopic (exact) mass is 409 g/mol. The first-order valence-corrected chi connectivity index (χ1v) is 8.98. The summed E-state index contributed by atoms with van der Waals surface area (Å²) in [6.45, 7) is 0.170. The number of hydrogen-bond donors (Lipinski definition) is 0. The van der Waals surface area contributed by atoms with Gasteiger partial charge in [0.15, 0.2) is 0 Å². The van der Waals surface area contributed by atoms with Crippen LogP contribution < -0.4 is 10.3 Å². The second kappa shape index (κ2) is 8.55. The van der Waals surface area contributed by atoms with Gasteiger partial charge in [-0.05, 0) is 29.3 Å². The highest BCUT2D eigenvalue weighted by Crippen LogP contribution is 2.22. The van der Waals surface area contributed by atoms with Crippen molar-refractivity contribution in [2.75, 3.05) is 0 Å².